The van der Waals surface area contributed by atoms with E-state index in [0.717, 1.165) is 11.3 Å². The molecule has 0 spiro atoms. The average Bonchev–Trinajstić information content (AvgIpc) is 2.59. The number of nitrogens with one attached hydrogen (secondary N) is 1. The highest BCUT2D eigenvalue weighted by Gasteiger charge is 2.22. The van der Waals surface area contributed by atoms with E-state index in [4.69, 9.17) is 9.47 Å². The van der Waals surface area contributed by atoms with Gasteiger partial charge in [0.15, 0.2) is 6.61 Å². The van der Waals surface area contributed by atoms with E-state index in [1.54, 1.807) is 37.3 Å². The lowest BCUT2D eigenvalue weighted by atomic mass is 10.1. The molecule has 2 aromatic rings. The van der Waals surface area contributed by atoms with E-state index < -0.39 is 0 Å². The van der Waals surface area contributed by atoms with Crippen molar-refractivity contribution in [3.8, 4) is 11.5 Å². The molecule has 0 radical (unpaired) electrons. The van der Waals surface area contributed by atoms with Gasteiger partial charge in [-0.2, -0.15) is 0 Å². The van der Waals surface area contributed by atoms with Gasteiger partial charge >= 0.3 is 0 Å². The lowest BCUT2D eigenvalue weighted by molar-refractivity contribution is -0.121. The van der Waals surface area contributed by atoms with Crippen LogP contribution >= 0.6 is 0 Å². The van der Waals surface area contributed by atoms with Crippen molar-refractivity contribution < 1.29 is 19.1 Å². The predicted octanol–water partition coefficient (Wildman–Crippen LogP) is 2.23. The monoisotopic (exact) mass is 326 g/mol. The Morgan fingerprint density at radius 2 is 2.00 bits per heavy atom. The van der Waals surface area contributed by atoms with Crippen LogP contribution < -0.4 is 19.7 Å². The minimum atomic E-state index is -0.125. The summed E-state index contributed by atoms with van der Waals surface area (Å²) in [5.41, 5.74) is 2.22. The van der Waals surface area contributed by atoms with Crippen molar-refractivity contribution >= 4 is 23.2 Å². The molecule has 2 amide bonds. The molecule has 24 heavy (non-hydrogen) atoms. The summed E-state index contributed by atoms with van der Waals surface area (Å²) in [5.74, 6) is 1.11. The van der Waals surface area contributed by atoms with Gasteiger partial charge in [-0.1, -0.05) is 12.1 Å². The Morgan fingerprint density at radius 1 is 1.25 bits per heavy atom. The minimum absolute atomic E-state index is 0.00669. The number of fused-ring (bicyclic) bond motifs is 1. The predicted molar refractivity (Wildman–Crippen MR) is 90.7 cm³/mol. The van der Waals surface area contributed by atoms with E-state index in [2.05, 4.69) is 5.32 Å². The number of hydrogen-bond acceptors (Lipinski definition) is 4. The Kier molecular flexibility index (Phi) is 4.37. The zero-order valence-corrected chi connectivity index (χ0v) is 13.5. The number of nitrogens with zero attached hydrogens (tertiary/aromatic N) is 1. The Bertz CT molecular complexity index is 771. The Balaban J connectivity index is 1.67. The molecule has 0 aliphatic carbocycles. The van der Waals surface area contributed by atoms with Crippen LogP contribution in [0, 0.1) is 0 Å². The van der Waals surface area contributed by atoms with E-state index in [1.165, 1.54) is 0 Å². The molecule has 0 saturated heterocycles. The quantitative estimate of drug-likeness (QED) is 0.935. The van der Waals surface area contributed by atoms with Crippen LogP contribution in [0.4, 0.5) is 11.4 Å². The molecule has 0 bridgehead atoms. The van der Waals surface area contributed by atoms with Crippen LogP contribution in [0.1, 0.15) is 5.56 Å². The van der Waals surface area contributed by atoms with Crippen molar-refractivity contribution in [3.05, 3.63) is 48.0 Å². The van der Waals surface area contributed by atoms with Crippen LogP contribution in [-0.4, -0.2) is 32.6 Å². The van der Waals surface area contributed by atoms with Gasteiger partial charge in [0, 0.05) is 18.8 Å². The zero-order chi connectivity index (χ0) is 17.1. The zero-order valence-electron chi connectivity index (χ0n) is 13.5. The maximum absolute atomic E-state index is 12.2. The molecule has 6 nitrogen and oxygen atoms in total. The second-order valence-corrected chi connectivity index (χ2v) is 5.50. The summed E-state index contributed by atoms with van der Waals surface area (Å²) in [7, 11) is 3.30. The van der Waals surface area contributed by atoms with Crippen LogP contribution in [0.15, 0.2) is 42.5 Å². The summed E-state index contributed by atoms with van der Waals surface area (Å²) in [5, 5.41) is 2.84. The van der Waals surface area contributed by atoms with E-state index in [-0.39, 0.29) is 24.8 Å². The fraction of sp³-hybridized carbons (Fsp3) is 0.222. The smallest absolute Gasteiger partial charge is 0.264 e. The first-order valence-corrected chi connectivity index (χ1v) is 7.53. The first-order valence-electron chi connectivity index (χ1n) is 7.53. The number of methoxy groups -OCH3 is 1. The summed E-state index contributed by atoms with van der Waals surface area (Å²) < 4.78 is 10.5. The second kappa shape index (κ2) is 6.62. The number of amides is 2. The molecule has 1 N–H and O–H groups in total. The van der Waals surface area contributed by atoms with Gasteiger partial charge in [-0.25, -0.2) is 0 Å². The molecule has 0 unspecified atom stereocenters. The molecule has 1 aliphatic heterocycles. The number of hydrogen-bond donors (Lipinski definition) is 1. The summed E-state index contributed by atoms with van der Waals surface area (Å²) in [6.45, 7) is 0.00669. The first kappa shape index (κ1) is 15.9. The van der Waals surface area contributed by atoms with E-state index >= 15 is 0 Å². The fourth-order valence-corrected chi connectivity index (χ4v) is 2.49. The molecule has 0 atom stereocenters. The van der Waals surface area contributed by atoms with Crippen LogP contribution in [0.25, 0.3) is 0 Å². The first-order chi connectivity index (χ1) is 11.6. The molecule has 3 rings (SSSR count). The largest absolute Gasteiger partial charge is 0.497 e. The van der Waals surface area contributed by atoms with E-state index in [0.29, 0.717) is 17.1 Å². The third-order valence-corrected chi connectivity index (χ3v) is 3.85. The molecule has 1 heterocycles. The van der Waals surface area contributed by atoms with Crippen molar-refractivity contribution in [2.45, 2.75) is 6.42 Å². The minimum Gasteiger partial charge on any atom is -0.497 e. The van der Waals surface area contributed by atoms with Gasteiger partial charge in [-0.3, -0.25) is 9.59 Å². The second-order valence-electron chi connectivity index (χ2n) is 5.50. The lowest BCUT2D eigenvalue weighted by Gasteiger charge is -2.26. The van der Waals surface area contributed by atoms with E-state index in [9.17, 15) is 9.59 Å². The highest BCUT2D eigenvalue weighted by molar-refractivity contribution is 5.98. The van der Waals surface area contributed by atoms with Crippen molar-refractivity contribution in [2.75, 3.05) is 31.0 Å². The highest BCUT2D eigenvalue weighted by atomic mass is 16.5. The van der Waals surface area contributed by atoms with Crippen LogP contribution in [0.5, 0.6) is 11.5 Å². The third-order valence-electron chi connectivity index (χ3n) is 3.85. The number of carbonyl (C=O) groups is 2. The molecule has 0 fully saturated rings. The number of likely N-dealkylation sites (N-methyl/N-ethyl adjacent to an activating group) is 1. The van der Waals surface area contributed by atoms with Gasteiger partial charge in [-0.15, -0.1) is 0 Å². The third kappa shape index (κ3) is 3.32. The maximum atomic E-state index is 12.2. The Hall–Kier alpha value is -3.02. The number of rotatable bonds is 4. The van der Waals surface area contributed by atoms with Crippen molar-refractivity contribution in [1.82, 2.24) is 0 Å². The molecule has 6 heteroatoms. The number of anilines is 2. The van der Waals surface area contributed by atoms with Crippen molar-refractivity contribution in [1.29, 1.82) is 0 Å². The number of carbonyl (C=O) groups excluding carboxylic acids is 2. The Labute approximate surface area is 140 Å². The molecular formula is C18H18N2O4. The van der Waals surface area contributed by atoms with Gasteiger partial charge in [0.2, 0.25) is 5.91 Å². The van der Waals surface area contributed by atoms with Crippen LogP contribution in [-0.2, 0) is 16.0 Å². The summed E-state index contributed by atoms with van der Waals surface area (Å²) in [6.07, 6.45) is 0.264. The van der Waals surface area contributed by atoms with Gasteiger partial charge < -0.3 is 19.7 Å². The van der Waals surface area contributed by atoms with Gasteiger partial charge in [-0.05, 0) is 29.8 Å². The number of benzene rings is 2. The van der Waals surface area contributed by atoms with Crippen molar-refractivity contribution in [3.63, 3.8) is 0 Å². The normalized spacial score (nSPS) is 13.1. The fourth-order valence-electron chi connectivity index (χ4n) is 2.49. The molecule has 124 valence electrons. The molecule has 1 aliphatic rings. The van der Waals surface area contributed by atoms with Crippen molar-refractivity contribution in [2.24, 2.45) is 0 Å². The number of ether oxygens (including phenoxy) is 2. The summed E-state index contributed by atoms with van der Waals surface area (Å²) in [6, 6.07) is 12.6. The summed E-state index contributed by atoms with van der Waals surface area (Å²) >= 11 is 0. The SMILES string of the molecule is COc1ccc(CC(=O)Nc2ccc3c(c2)OCC(=O)N3C)cc1. The highest BCUT2D eigenvalue weighted by Crippen LogP contribution is 2.33. The maximum Gasteiger partial charge on any atom is 0.264 e. The standard InChI is InChI=1S/C18H18N2O4/c1-20-15-8-5-13(10-16(15)24-11-18(20)22)19-17(21)9-12-3-6-14(23-2)7-4-12/h3-8,10H,9,11H2,1-2H3,(H,19,21). The Morgan fingerprint density at radius 3 is 2.71 bits per heavy atom. The molecular weight excluding hydrogens is 308 g/mol. The molecule has 0 saturated carbocycles. The molecule has 0 aromatic heterocycles. The van der Waals surface area contributed by atoms with Crippen LogP contribution in [0.3, 0.4) is 0 Å². The van der Waals surface area contributed by atoms with E-state index in [1.807, 2.05) is 24.3 Å². The molecule has 2 aromatic carbocycles. The van der Waals surface area contributed by atoms with Gasteiger partial charge in [0.05, 0.1) is 19.2 Å². The summed E-state index contributed by atoms with van der Waals surface area (Å²) in [4.78, 5) is 25.3. The lowest BCUT2D eigenvalue weighted by Crippen LogP contribution is -2.35. The van der Waals surface area contributed by atoms with Gasteiger partial charge in [0.1, 0.15) is 11.5 Å². The van der Waals surface area contributed by atoms with Crippen LogP contribution in [0.2, 0.25) is 0 Å². The average molecular weight is 326 g/mol. The van der Waals surface area contributed by atoms with Gasteiger partial charge in [0.25, 0.3) is 5.91 Å². The topological polar surface area (TPSA) is 67.9 Å².